The number of benzene rings is 2. The van der Waals surface area contributed by atoms with Crippen LogP contribution < -0.4 is 4.74 Å². The van der Waals surface area contributed by atoms with Crippen LogP contribution in [0.25, 0.3) is 0 Å². The fourth-order valence-corrected chi connectivity index (χ4v) is 3.68. The summed E-state index contributed by atoms with van der Waals surface area (Å²) in [7, 11) is 1.54. The zero-order valence-electron chi connectivity index (χ0n) is 17.6. The molecule has 30 heavy (non-hydrogen) atoms. The lowest BCUT2D eigenvalue weighted by atomic mass is 9.96. The fraction of sp³-hybridized carbons (Fsp3) is 0.375. The van der Waals surface area contributed by atoms with Gasteiger partial charge >= 0.3 is 5.97 Å². The van der Waals surface area contributed by atoms with Gasteiger partial charge in [0.15, 0.2) is 5.78 Å². The van der Waals surface area contributed by atoms with E-state index in [0.29, 0.717) is 48.4 Å². The minimum absolute atomic E-state index is 0.00528. The van der Waals surface area contributed by atoms with Crippen LogP contribution in [0.1, 0.15) is 51.6 Å². The first-order valence-electron chi connectivity index (χ1n) is 10.1. The first-order chi connectivity index (χ1) is 14.4. The van der Waals surface area contributed by atoms with Crippen LogP contribution in [-0.4, -0.2) is 42.8 Å². The Labute approximate surface area is 176 Å². The number of Topliss-reactive ketones (excluding diaryl/α,β-unsaturated/α-hetero) is 1. The number of esters is 1. The smallest absolute Gasteiger partial charge is 0.309 e. The van der Waals surface area contributed by atoms with Gasteiger partial charge in [-0.3, -0.25) is 14.4 Å². The van der Waals surface area contributed by atoms with Crippen molar-refractivity contribution < 1.29 is 23.9 Å². The lowest BCUT2D eigenvalue weighted by molar-refractivity contribution is -0.151. The van der Waals surface area contributed by atoms with Crippen molar-refractivity contribution in [1.29, 1.82) is 0 Å². The third-order valence-electron chi connectivity index (χ3n) is 5.55. The number of likely N-dealkylation sites (tertiary alicyclic amines) is 1. The third kappa shape index (κ3) is 4.87. The topological polar surface area (TPSA) is 72.9 Å². The molecule has 2 aromatic carbocycles. The van der Waals surface area contributed by atoms with E-state index in [2.05, 4.69) is 0 Å². The van der Waals surface area contributed by atoms with Crippen LogP contribution in [0.4, 0.5) is 0 Å². The number of carbonyl (C=O) groups is 3. The molecule has 0 aromatic heterocycles. The van der Waals surface area contributed by atoms with Crippen LogP contribution in [0.5, 0.6) is 5.75 Å². The Balaban J connectivity index is 1.56. The monoisotopic (exact) mass is 409 g/mol. The van der Waals surface area contributed by atoms with Crippen molar-refractivity contribution in [3.8, 4) is 5.75 Å². The summed E-state index contributed by atoms with van der Waals surface area (Å²) in [6.07, 6.45) is 1.14. The predicted molar refractivity (Wildman–Crippen MR) is 113 cm³/mol. The van der Waals surface area contributed by atoms with E-state index in [1.165, 1.54) is 14.0 Å². The molecular weight excluding hydrogens is 382 g/mol. The number of piperidine rings is 1. The summed E-state index contributed by atoms with van der Waals surface area (Å²) < 4.78 is 10.8. The first-order valence-corrected chi connectivity index (χ1v) is 10.1. The molecule has 6 nitrogen and oxygen atoms in total. The molecule has 1 amide bonds. The maximum Gasteiger partial charge on any atom is 0.309 e. The number of nitrogens with zero attached hydrogens (tertiary/aromatic N) is 1. The minimum Gasteiger partial charge on any atom is -0.496 e. The number of carbonyl (C=O) groups excluding carboxylic acids is 3. The Morgan fingerprint density at radius 2 is 1.77 bits per heavy atom. The zero-order chi connectivity index (χ0) is 21.7. The summed E-state index contributed by atoms with van der Waals surface area (Å²) >= 11 is 0. The van der Waals surface area contributed by atoms with Crippen molar-refractivity contribution >= 4 is 17.7 Å². The summed E-state index contributed by atoms with van der Waals surface area (Å²) in [4.78, 5) is 38.7. The Kier molecular flexibility index (Phi) is 6.87. The molecule has 0 bridgehead atoms. The van der Waals surface area contributed by atoms with Gasteiger partial charge < -0.3 is 14.4 Å². The fourth-order valence-electron chi connectivity index (χ4n) is 3.68. The van der Waals surface area contributed by atoms with Crippen LogP contribution in [0, 0.1) is 12.8 Å². The van der Waals surface area contributed by atoms with Gasteiger partial charge in [-0.1, -0.05) is 18.2 Å². The normalized spacial score (nSPS) is 14.3. The van der Waals surface area contributed by atoms with Crippen LogP contribution in [-0.2, 0) is 16.1 Å². The van der Waals surface area contributed by atoms with Gasteiger partial charge in [0.05, 0.1) is 13.0 Å². The average Bonchev–Trinajstić information content (AvgIpc) is 2.77. The number of amides is 1. The summed E-state index contributed by atoms with van der Waals surface area (Å²) in [6.45, 7) is 4.51. The molecule has 0 radical (unpaired) electrons. The van der Waals surface area contributed by atoms with Gasteiger partial charge in [-0.15, -0.1) is 0 Å². The maximum absolute atomic E-state index is 12.7. The number of hydrogen-bond acceptors (Lipinski definition) is 5. The van der Waals surface area contributed by atoms with Gasteiger partial charge in [0, 0.05) is 29.8 Å². The molecule has 1 saturated heterocycles. The van der Waals surface area contributed by atoms with Gasteiger partial charge in [0.25, 0.3) is 5.91 Å². The van der Waals surface area contributed by atoms with Gasteiger partial charge in [-0.25, -0.2) is 0 Å². The molecular formula is C24H27NO5. The molecule has 0 N–H and O–H groups in total. The van der Waals surface area contributed by atoms with Crippen molar-refractivity contribution in [1.82, 2.24) is 4.90 Å². The highest BCUT2D eigenvalue weighted by atomic mass is 16.5. The molecule has 1 fully saturated rings. The molecule has 0 spiro atoms. The van der Waals surface area contributed by atoms with E-state index in [9.17, 15) is 14.4 Å². The number of hydrogen-bond donors (Lipinski definition) is 0. The van der Waals surface area contributed by atoms with Crippen molar-refractivity contribution in [2.24, 2.45) is 5.92 Å². The minimum atomic E-state index is -0.284. The van der Waals surface area contributed by atoms with Gasteiger partial charge in [0.1, 0.15) is 12.4 Å². The summed E-state index contributed by atoms with van der Waals surface area (Å²) in [5.41, 5.74) is 2.86. The molecule has 0 unspecified atom stereocenters. The number of rotatable bonds is 6. The number of methoxy groups -OCH3 is 1. The SMILES string of the molecule is COc1ccc(C(C)=O)cc1COC(=O)C1CCN(C(=O)c2ccccc2C)CC1. The highest BCUT2D eigenvalue weighted by Gasteiger charge is 2.29. The Bertz CT molecular complexity index is 944. The first kappa shape index (κ1) is 21.6. The highest BCUT2D eigenvalue weighted by molar-refractivity contribution is 5.96. The number of ketones is 1. The average molecular weight is 409 g/mol. The van der Waals surface area contributed by atoms with E-state index < -0.39 is 0 Å². The highest BCUT2D eigenvalue weighted by Crippen LogP contribution is 2.24. The molecule has 1 aliphatic rings. The van der Waals surface area contributed by atoms with Crippen LogP contribution in [0.3, 0.4) is 0 Å². The van der Waals surface area contributed by atoms with E-state index in [1.807, 2.05) is 31.2 Å². The van der Waals surface area contributed by atoms with E-state index in [0.717, 1.165) is 5.56 Å². The number of ether oxygens (including phenoxy) is 2. The van der Waals surface area contributed by atoms with E-state index >= 15 is 0 Å². The van der Waals surface area contributed by atoms with Crippen LogP contribution >= 0.6 is 0 Å². The van der Waals surface area contributed by atoms with E-state index in [-0.39, 0.29) is 30.2 Å². The van der Waals surface area contributed by atoms with Crippen molar-refractivity contribution in [2.45, 2.75) is 33.3 Å². The summed E-state index contributed by atoms with van der Waals surface area (Å²) in [6, 6.07) is 12.6. The van der Waals surface area contributed by atoms with Crippen LogP contribution in [0.2, 0.25) is 0 Å². The second-order valence-corrected chi connectivity index (χ2v) is 7.57. The van der Waals surface area contributed by atoms with Gasteiger partial charge in [-0.05, 0) is 56.5 Å². The molecule has 1 heterocycles. The van der Waals surface area contributed by atoms with Crippen molar-refractivity contribution in [3.05, 3.63) is 64.7 Å². The maximum atomic E-state index is 12.7. The zero-order valence-corrected chi connectivity index (χ0v) is 17.6. The molecule has 3 rings (SSSR count). The summed E-state index contributed by atoms with van der Waals surface area (Å²) in [5.74, 6) is -0.00533. The lowest BCUT2D eigenvalue weighted by Crippen LogP contribution is -2.40. The Hall–Kier alpha value is -3.15. The molecule has 2 aromatic rings. The number of aryl methyl sites for hydroxylation is 1. The quantitative estimate of drug-likeness (QED) is 0.536. The van der Waals surface area contributed by atoms with Gasteiger partial charge in [-0.2, -0.15) is 0 Å². The molecule has 0 saturated carbocycles. The lowest BCUT2D eigenvalue weighted by Gasteiger charge is -2.31. The molecule has 158 valence electrons. The Morgan fingerprint density at radius 3 is 2.40 bits per heavy atom. The second kappa shape index (κ2) is 9.57. The van der Waals surface area contributed by atoms with E-state index in [4.69, 9.17) is 9.47 Å². The van der Waals surface area contributed by atoms with Gasteiger partial charge in [0.2, 0.25) is 0 Å². The Morgan fingerprint density at radius 1 is 1.07 bits per heavy atom. The molecule has 1 aliphatic heterocycles. The predicted octanol–water partition coefficient (Wildman–Crippen LogP) is 3.80. The van der Waals surface area contributed by atoms with Crippen molar-refractivity contribution in [2.75, 3.05) is 20.2 Å². The molecule has 0 aliphatic carbocycles. The molecule has 0 atom stereocenters. The molecule has 6 heteroatoms. The standard InChI is InChI=1S/C24H27NO5/c1-16-6-4-5-7-21(16)23(27)25-12-10-18(11-13-25)24(28)30-15-20-14-19(17(2)26)8-9-22(20)29-3/h4-9,14,18H,10-13,15H2,1-3H3. The largest absolute Gasteiger partial charge is 0.496 e. The van der Waals surface area contributed by atoms with Crippen LogP contribution in [0.15, 0.2) is 42.5 Å². The van der Waals surface area contributed by atoms with Crippen molar-refractivity contribution in [3.63, 3.8) is 0 Å². The van der Waals surface area contributed by atoms with E-state index in [1.54, 1.807) is 23.1 Å². The summed E-state index contributed by atoms with van der Waals surface area (Å²) in [5, 5.41) is 0. The third-order valence-corrected chi connectivity index (χ3v) is 5.55. The second-order valence-electron chi connectivity index (χ2n) is 7.57.